The first-order chi connectivity index (χ1) is 18.9. The third-order valence-electron chi connectivity index (χ3n) is 6.62. The fourth-order valence-corrected chi connectivity index (χ4v) is 5.11. The van der Waals surface area contributed by atoms with Gasteiger partial charge < -0.3 is 20.4 Å². The van der Waals surface area contributed by atoms with Crippen LogP contribution in [0.2, 0.25) is 10.0 Å². The lowest BCUT2D eigenvalue weighted by Gasteiger charge is -2.24. The molecule has 0 unspecified atom stereocenters. The summed E-state index contributed by atoms with van der Waals surface area (Å²) in [6.07, 6.45) is 2.96. The van der Waals surface area contributed by atoms with E-state index in [9.17, 15) is 9.59 Å². The second kappa shape index (κ2) is 14.0. The van der Waals surface area contributed by atoms with Crippen molar-refractivity contribution in [3.63, 3.8) is 0 Å². The highest BCUT2D eigenvalue weighted by Gasteiger charge is 2.18. The first kappa shape index (κ1) is 28.4. The standard InChI is InChI=1S/C30H31Cl2N5O2/c31-26-17-27(32)19-28(18-26)35-29(38)21-37(30(39)34-11-15-36-12-1-2-13-36)14-10-22-6-8-24(9-7-22)25-5-3-4-23(16-25)20-33/h3-9,16-19H,1-2,10-15,21H2,(H,34,39)(H,35,38). The van der Waals surface area contributed by atoms with Gasteiger partial charge in [-0.3, -0.25) is 4.79 Å². The molecule has 1 saturated heterocycles. The summed E-state index contributed by atoms with van der Waals surface area (Å²) >= 11 is 12.1. The SMILES string of the molecule is N#Cc1cccc(-c2ccc(CCN(CC(=O)Nc3cc(Cl)cc(Cl)c3)C(=O)NCCN3CCCC3)cc2)c1. The van der Waals surface area contributed by atoms with E-state index in [0.29, 0.717) is 40.8 Å². The van der Waals surface area contributed by atoms with Gasteiger partial charge in [-0.2, -0.15) is 5.26 Å². The minimum Gasteiger partial charge on any atom is -0.337 e. The van der Waals surface area contributed by atoms with Crippen molar-refractivity contribution < 1.29 is 9.59 Å². The van der Waals surface area contributed by atoms with E-state index in [1.807, 2.05) is 42.5 Å². The van der Waals surface area contributed by atoms with Crippen LogP contribution in [0.15, 0.2) is 66.7 Å². The monoisotopic (exact) mass is 563 g/mol. The van der Waals surface area contributed by atoms with Gasteiger partial charge in [0.1, 0.15) is 6.54 Å². The van der Waals surface area contributed by atoms with Gasteiger partial charge in [0, 0.05) is 35.4 Å². The number of nitrogens with zero attached hydrogens (tertiary/aromatic N) is 3. The van der Waals surface area contributed by atoms with E-state index >= 15 is 0 Å². The van der Waals surface area contributed by atoms with Crippen LogP contribution in [0.5, 0.6) is 0 Å². The number of anilines is 1. The van der Waals surface area contributed by atoms with Crippen LogP contribution >= 0.6 is 23.2 Å². The molecule has 0 saturated carbocycles. The Hall–Kier alpha value is -3.57. The number of likely N-dealkylation sites (tertiary alicyclic amines) is 1. The topological polar surface area (TPSA) is 88.5 Å². The molecule has 3 aromatic carbocycles. The molecule has 0 radical (unpaired) electrons. The maximum atomic E-state index is 13.1. The molecule has 1 fully saturated rings. The number of carbonyl (C=O) groups is 2. The lowest BCUT2D eigenvalue weighted by atomic mass is 10.0. The normalized spacial score (nSPS) is 13.1. The van der Waals surface area contributed by atoms with Gasteiger partial charge in [0.05, 0.1) is 11.6 Å². The van der Waals surface area contributed by atoms with Gasteiger partial charge in [-0.15, -0.1) is 0 Å². The van der Waals surface area contributed by atoms with E-state index in [2.05, 4.69) is 21.6 Å². The summed E-state index contributed by atoms with van der Waals surface area (Å²) in [5.74, 6) is -0.337. The zero-order chi connectivity index (χ0) is 27.6. The first-order valence-corrected chi connectivity index (χ1v) is 13.8. The number of rotatable bonds is 10. The lowest BCUT2D eigenvalue weighted by molar-refractivity contribution is -0.116. The van der Waals surface area contributed by atoms with Crippen molar-refractivity contribution in [2.24, 2.45) is 0 Å². The number of carbonyl (C=O) groups excluding carboxylic acids is 2. The van der Waals surface area contributed by atoms with Gasteiger partial charge in [-0.1, -0.05) is 59.6 Å². The average molecular weight is 565 g/mol. The van der Waals surface area contributed by atoms with Gasteiger partial charge in [-0.25, -0.2) is 4.79 Å². The predicted molar refractivity (Wildman–Crippen MR) is 156 cm³/mol. The zero-order valence-electron chi connectivity index (χ0n) is 21.6. The smallest absolute Gasteiger partial charge is 0.317 e. The van der Waals surface area contributed by atoms with Crippen LogP contribution in [0, 0.1) is 11.3 Å². The predicted octanol–water partition coefficient (Wildman–Crippen LogP) is 5.82. The van der Waals surface area contributed by atoms with Gasteiger partial charge in [-0.05, 0) is 79.4 Å². The maximum absolute atomic E-state index is 13.1. The maximum Gasteiger partial charge on any atom is 0.317 e. The van der Waals surface area contributed by atoms with Crippen molar-refractivity contribution in [1.29, 1.82) is 5.26 Å². The Morgan fingerprint density at radius 1 is 0.949 bits per heavy atom. The molecule has 7 nitrogen and oxygen atoms in total. The molecule has 0 bridgehead atoms. The third kappa shape index (κ3) is 8.72. The summed E-state index contributed by atoms with van der Waals surface area (Å²) in [6, 6.07) is 22.2. The van der Waals surface area contributed by atoms with E-state index in [0.717, 1.165) is 36.3 Å². The summed E-state index contributed by atoms with van der Waals surface area (Å²) in [5, 5.41) is 15.8. The van der Waals surface area contributed by atoms with Crippen LogP contribution in [0.25, 0.3) is 11.1 Å². The molecule has 202 valence electrons. The second-order valence-corrected chi connectivity index (χ2v) is 10.4. The first-order valence-electron chi connectivity index (χ1n) is 13.0. The number of nitrogens with one attached hydrogen (secondary N) is 2. The number of urea groups is 1. The van der Waals surface area contributed by atoms with Crippen LogP contribution < -0.4 is 10.6 Å². The van der Waals surface area contributed by atoms with Crippen molar-refractivity contribution in [1.82, 2.24) is 15.1 Å². The molecule has 0 atom stereocenters. The Morgan fingerprint density at radius 3 is 2.36 bits per heavy atom. The van der Waals surface area contributed by atoms with Gasteiger partial charge in [0.2, 0.25) is 5.91 Å². The third-order valence-corrected chi connectivity index (χ3v) is 7.06. The summed E-state index contributed by atoms with van der Waals surface area (Å²) in [4.78, 5) is 29.8. The molecule has 1 aliphatic rings. The van der Waals surface area contributed by atoms with Crippen molar-refractivity contribution in [2.45, 2.75) is 19.3 Å². The van der Waals surface area contributed by atoms with Crippen LogP contribution in [0.1, 0.15) is 24.0 Å². The van der Waals surface area contributed by atoms with E-state index in [1.54, 1.807) is 24.3 Å². The molecule has 4 rings (SSSR count). The second-order valence-electron chi connectivity index (χ2n) is 9.55. The molecule has 2 N–H and O–H groups in total. The highest BCUT2D eigenvalue weighted by molar-refractivity contribution is 6.35. The summed E-state index contributed by atoms with van der Waals surface area (Å²) in [7, 11) is 0. The fourth-order valence-electron chi connectivity index (χ4n) is 4.59. The van der Waals surface area contributed by atoms with Crippen molar-refractivity contribution in [3.05, 3.63) is 87.9 Å². The molecule has 3 aromatic rings. The Balaban J connectivity index is 1.39. The molecule has 0 spiro atoms. The summed E-state index contributed by atoms with van der Waals surface area (Å²) in [6.45, 7) is 3.68. The minimum atomic E-state index is -0.337. The van der Waals surface area contributed by atoms with Gasteiger partial charge in [0.25, 0.3) is 0 Å². The van der Waals surface area contributed by atoms with Crippen molar-refractivity contribution >= 4 is 40.8 Å². The Kier molecular flexibility index (Phi) is 10.2. The number of hydrogen-bond donors (Lipinski definition) is 2. The largest absolute Gasteiger partial charge is 0.337 e. The molecular formula is C30H31Cl2N5O2. The molecule has 39 heavy (non-hydrogen) atoms. The van der Waals surface area contributed by atoms with Crippen molar-refractivity contribution in [3.8, 4) is 17.2 Å². The molecule has 0 aromatic heterocycles. The molecule has 3 amide bonds. The number of amides is 3. The van der Waals surface area contributed by atoms with Gasteiger partial charge >= 0.3 is 6.03 Å². The van der Waals surface area contributed by atoms with E-state index in [-0.39, 0.29) is 18.5 Å². The highest BCUT2D eigenvalue weighted by Crippen LogP contribution is 2.23. The quantitative estimate of drug-likeness (QED) is 0.325. The zero-order valence-corrected chi connectivity index (χ0v) is 23.1. The average Bonchev–Trinajstić information content (AvgIpc) is 3.44. The van der Waals surface area contributed by atoms with Gasteiger partial charge in [0.15, 0.2) is 0 Å². The number of nitriles is 1. The molecule has 1 heterocycles. The highest BCUT2D eigenvalue weighted by atomic mass is 35.5. The Bertz CT molecular complexity index is 1310. The fraction of sp³-hybridized carbons (Fsp3) is 0.300. The Morgan fingerprint density at radius 2 is 1.67 bits per heavy atom. The van der Waals surface area contributed by atoms with E-state index in [4.69, 9.17) is 28.5 Å². The molecule has 1 aliphatic heterocycles. The summed E-state index contributed by atoms with van der Waals surface area (Å²) in [5.41, 5.74) is 4.10. The van der Waals surface area contributed by atoms with E-state index < -0.39 is 0 Å². The molecular weight excluding hydrogens is 533 g/mol. The number of benzene rings is 3. The molecule has 0 aliphatic carbocycles. The van der Waals surface area contributed by atoms with Crippen molar-refractivity contribution in [2.75, 3.05) is 44.6 Å². The number of halogens is 2. The van der Waals surface area contributed by atoms with Crippen LogP contribution in [-0.4, -0.2) is 61.0 Å². The van der Waals surface area contributed by atoms with Crippen LogP contribution in [-0.2, 0) is 11.2 Å². The van der Waals surface area contributed by atoms with Crippen LogP contribution in [0.3, 0.4) is 0 Å². The van der Waals surface area contributed by atoms with Crippen LogP contribution in [0.4, 0.5) is 10.5 Å². The minimum absolute atomic E-state index is 0.112. The molecule has 9 heteroatoms. The Labute approximate surface area is 239 Å². The lowest BCUT2D eigenvalue weighted by Crippen LogP contribution is -2.46. The van der Waals surface area contributed by atoms with E-state index in [1.165, 1.54) is 17.7 Å². The number of hydrogen-bond acceptors (Lipinski definition) is 4. The summed E-state index contributed by atoms with van der Waals surface area (Å²) < 4.78 is 0.